The van der Waals surface area contributed by atoms with Crippen molar-refractivity contribution in [1.29, 1.82) is 0 Å². The number of aromatic carboxylic acids is 1. The average Bonchev–Trinajstić information content (AvgIpc) is 2.25. The summed E-state index contributed by atoms with van der Waals surface area (Å²) in [4.78, 5) is 12.8. The van der Waals surface area contributed by atoms with Crippen molar-refractivity contribution in [3.05, 3.63) is 40.9 Å². The zero-order chi connectivity index (χ0) is 13.0. The quantitative estimate of drug-likeness (QED) is 0.818. The SMILES string of the molecule is C=C(C)CN(CC)c1ccc(C(=O)O)cc1Cl. The van der Waals surface area contributed by atoms with Crippen LogP contribution in [0.5, 0.6) is 0 Å². The van der Waals surface area contributed by atoms with Gasteiger partial charge in [0.2, 0.25) is 0 Å². The molecule has 3 nitrogen and oxygen atoms in total. The van der Waals surface area contributed by atoms with Crippen LogP contribution >= 0.6 is 11.6 Å². The number of hydrogen-bond acceptors (Lipinski definition) is 2. The van der Waals surface area contributed by atoms with Gasteiger partial charge in [0, 0.05) is 13.1 Å². The molecule has 0 aliphatic heterocycles. The number of rotatable bonds is 5. The molecule has 17 heavy (non-hydrogen) atoms. The third kappa shape index (κ3) is 3.49. The highest BCUT2D eigenvalue weighted by Crippen LogP contribution is 2.27. The highest BCUT2D eigenvalue weighted by molar-refractivity contribution is 6.33. The standard InChI is InChI=1S/C13H16ClNO2/c1-4-15(8-9(2)3)12-6-5-10(13(16)17)7-11(12)14/h5-7H,2,4,8H2,1,3H3,(H,16,17). The van der Waals surface area contributed by atoms with E-state index in [4.69, 9.17) is 16.7 Å². The molecule has 1 aromatic carbocycles. The maximum absolute atomic E-state index is 10.8. The van der Waals surface area contributed by atoms with E-state index in [-0.39, 0.29) is 5.56 Å². The van der Waals surface area contributed by atoms with Crippen LogP contribution in [0.4, 0.5) is 5.69 Å². The van der Waals surface area contributed by atoms with Gasteiger partial charge < -0.3 is 10.0 Å². The van der Waals surface area contributed by atoms with E-state index in [1.54, 1.807) is 12.1 Å². The Morgan fingerprint density at radius 2 is 2.18 bits per heavy atom. The first kappa shape index (κ1) is 13.6. The molecule has 0 aromatic heterocycles. The summed E-state index contributed by atoms with van der Waals surface area (Å²) >= 11 is 6.10. The summed E-state index contributed by atoms with van der Waals surface area (Å²) < 4.78 is 0. The Morgan fingerprint density at radius 1 is 1.53 bits per heavy atom. The Bertz CT molecular complexity index is 443. The fraction of sp³-hybridized carbons (Fsp3) is 0.308. The molecular weight excluding hydrogens is 238 g/mol. The van der Waals surface area contributed by atoms with E-state index >= 15 is 0 Å². The van der Waals surface area contributed by atoms with Gasteiger partial charge in [0.15, 0.2) is 0 Å². The lowest BCUT2D eigenvalue weighted by Crippen LogP contribution is -2.24. The number of carboxylic acids is 1. The summed E-state index contributed by atoms with van der Waals surface area (Å²) in [5.74, 6) is -0.971. The van der Waals surface area contributed by atoms with Gasteiger partial charge in [0.1, 0.15) is 0 Å². The molecule has 92 valence electrons. The Morgan fingerprint density at radius 3 is 2.59 bits per heavy atom. The van der Waals surface area contributed by atoms with E-state index in [0.717, 1.165) is 17.8 Å². The Balaban J connectivity index is 3.04. The normalized spacial score (nSPS) is 10.1. The minimum Gasteiger partial charge on any atom is -0.478 e. The van der Waals surface area contributed by atoms with Crippen LogP contribution < -0.4 is 4.90 Å². The summed E-state index contributed by atoms with van der Waals surface area (Å²) in [6.45, 7) is 9.33. The van der Waals surface area contributed by atoms with Gasteiger partial charge in [-0.05, 0) is 32.0 Å². The van der Waals surface area contributed by atoms with Crippen molar-refractivity contribution < 1.29 is 9.90 Å². The topological polar surface area (TPSA) is 40.5 Å². The van der Waals surface area contributed by atoms with Crippen LogP contribution in [0.2, 0.25) is 5.02 Å². The molecule has 0 bridgehead atoms. The van der Waals surface area contributed by atoms with Crippen LogP contribution in [-0.2, 0) is 0 Å². The minimum absolute atomic E-state index is 0.199. The van der Waals surface area contributed by atoms with E-state index in [1.807, 2.05) is 13.8 Å². The van der Waals surface area contributed by atoms with Gasteiger partial charge in [0.05, 0.1) is 16.3 Å². The fourth-order valence-electron chi connectivity index (χ4n) is 1.59. The number of carbonyl (C=O) groups is 1. The zero-order valence-corrected chi connectivity index (χ0v) is 10.8. The van der Waals surface area contributed by atoms with Crippen molar-refractivity contribution in [1.82, 2.24) is 0 Å². The van der Waals surface area contributed by atoms with Crippen molar-refractivity contribution in [2.75, 3.05) is 18.0 Å². The Kier molecular flexibility index (Phi) is 4.58. The van der Waals surface area contributed by atoms with Crippen molar-refractivity contribution >= 4 is 23.3 Å². The zero-order valence-electron chi connectivity index (χ0n) is 10.0. The van der Waals surface area contributed by atoms with Crippen LogP contribution in [0.25, 0.3) is 0 Å². The van der Waals surface area contributed by atoms with Gasteiger partial charge in [-0.3, -0.25) is 0 Å². The van der Waals surface area contributed by atoms with Crippen molar-refractivity contribution in [3.8, 4) is 0 Å². The van der Waals surface area contributed by atoms with Crippen molar-refractivity contribution in [2.45, 2.75) is 13.8 Å². The van der Waals surface area contributed by atoms with Gasteiger partial charge in [-0.15, -0.1) is 0 Å². The Labute approximate surface area is 106 Å². The highest BCUT2D eigenvalue weighted by Gasteiger charge is 2.11. The van der Waals surface area contributed by atoms with E-state index in [9.17, 15) is 4.79 Å². The van der Waals surface area contributed by atoms with Crippen molar-refractivity contribution in [3.63, 3.8) is 0 Å². The molecule has 0 aliphatic carbocycles. The summed E-state index contributed by atoms with van der Waals surface area (Å²) in [5, 5.41) is 9.31. The average molecular weight is 254 g/mol. The number of anilines is 1. The van der Waals surface area contributed by atoms with Gasteiger partial charge in [-0.25, -0.2) is 4.79 Å². The van der Waals surface area contributed by atoms with E-state index in [2.05, 4.69) is 11.5 Å². The van der Waals surface area contributed by atoms with Gasteiger partial charge in [-0.2, -0.15) is 0 Å². The first-order valence-electron chi connectivity index (χ1n) is 5.38. The molecule has 0 saturated carbocycles. The molecule has 0 amide bonds. The van der Waals surface area contributed by atoms with Gasteiger partial charge in [0.25, 0.3) is 0 Å². The number of halogens is 1. The summed E-state index contributed by atoms with van der Waals surface area (Å²) in [5.41, 5.74) is 2.07. The number of benzene rings is 1. The second-order valence-electron chi connectivity index (χ2n) is 3.94. The van der Waals surface area contributed by atoms with E-state index < -0.39 is 5.97 Å². The summed E-state index contributed by atoms with van der Waals surface area (Å²) in [6, 6.07) is 4.77. The molecule has 0 spiro atoms. The molecule has 1 rings (SSSR count). The number of nitrogens with zero attached hydrogens (tertiary/aromatic N) is 1. The van der Waals surface area contributed by atoms with E-state index in [1.165, 1.54) is 6.07 Å². The van der Waals surface area contributed by atoms with Crippen LogP contribution in [0, 0.1) is 0 Å². The predicted molar refractivity (Wildman–Crippen MR) is 71.1 cm³/mol. The largest absolute Gasteiger partial charge is 0.478 e. The first-order chi connectivity index (χ1) is 7.95. The third-order valence-electron chi connectivity index (χ3n) is 2.38. The smallest absolute Gasteiger partial charge is 0.335 e. The van der Waals surface area contributed by atoms with Crippen LogP contribution in [0.15, 0.2) is 30.4 Å². The molecule has 0 saturated heterocycles. The summed E-state index contributed by atoms with van der Waals surface area (Å²) in [7, 11) is 0. The molecule has 0 unspecified atom stereocenters. The number of carboxylic acid groups (broad SMARTS) is 1. The van der Waals surface area contributed by atoms with Gasteiger partial charge >= 0.3 is 5.97 Å². The highest BCUT2D eigenvalue weighted by atomic mass is 35.5. The van der Waals surface area contributed by atoms with Gasteiger partial charge in [-0.1, -0.05) is 23.8 Å². The molecule has 1 aromatic rings. The lowest BCUT2D eigenvalue weighted by atomic mass is 10.2. The van der Waals surface area contributed by atoms with Crippen LogP contribution in [0.3, 0.4) is 0 Å². The van der Waals surface area contributed by atoms with Crippen LogP contribution in [0.1, 0.15) is 24.2 Å². The summed E-state index contributed by atoms with van der Waals surface area (Å²) in [6.07, 6.45) is 0. The number of hydrogen-bond donors (Lipinski definition) is 1. The molecule has 0 radical (unpaired) electrons. The third-order valence-corrected chi connectivity index (χ3v) is 2.68. The first-order valence-corrected chi connectivity index (χ1v) is 5.75. The molecule has 0 atom stereocenters. The molecule has 1 N–H and O–H groups in total. The predicted octanol–water partition coefficient (Wildman–Crippen LogP) is 3.44. The lowest BCUT2D eigenvalue weighted by Gasteiger charge is -2.24. The van der Waals surface area contributed by atoms with E-state index in [0.29, 0.717) is 11.6 Å². The molecule has 0 heterocycles. The maximum Gasteiger partial charge on any atom is 0.335 e. The molecular formula is C13H16ClNO2. The van der Waals surface area contributed by atoms with Crippen LogP contribution in [-0.4, -0.2) is 24.2 Å². The minimum atomic E-state index is -0.971. The Hall–Kier alpha value is -1.48. The monoisotopic (exact) mass is 253 g/mol. The number of likely N-dealkylation sites (N-methyl/N-ethyl adjacent to an activating group) is 1. The lowest BCUT2D eigenvalue weighted by molar-refractivity contribution is 0.0697. The fourth-order valence-corrected chi connectivity index (χ4v) is 1.89. The van der Waals surface area contributed by atoms with Crippen molar-refractivity contribution in [2.24, 2.45) is 0 Å². The second kappa shape index (κ2) is 5.73. The second-order valence-corrected chi connectivity index (χ2v) is 4.35. The molecule has 0 fully saturated rings. The molecule has 4 heteroatoms. The maximum atomic E-state index is 10.8. The molecule has 0 aliphatic rings.